The van der Waals surface area contributed by atoms with Crippen LogP contribution in [0.1, 0.15) is 59.8 Å². The van der Waals surface area contributed by atoms with Gasteiger partial charge >= 0.3 is 0 Å². The lowest BCUT2D eigenvalue weighted by atomic mass is 9.72. The van der Waals surface area contributed by atoms with Crippen molar-refractivity contribution < 1.29 is 9.22 Å². The van der Waals surface area contributed by atoms with Crippen molar-refractivity contribution >= 4 is 15.7 Å². The largest absolute Gasteiger partial charge is 0.424 e. The number of carbonyl (C=O) groups is 1. The van der Waals surface area contributed by atoms with Crippen molar-refractivity contribution in [3.05, 3.63) is 0 Å². The zero-order valence-electron chi connectivity index (χ0n) is 13.9. The molecule has 2 rings (SSSR count). The second-order valence-electron chi connectivity index (χ2n) is 5.99. The molecular formula is C16H33NO2Si. The summed E-state index contributed by atoms with van der Waals surface area (Å²) in [5.74, 6) is 0.974. The van der Waals surface area contributed by atoms with Gasteiger partial charge in [-0.05, 0) is 38.1 Å². The van der Waals surface area contributed by atoms with Crippen molar-refractivity contribution in [1.29, 1.82) is 0 Å². The highest BCUT2D eigenvalue weighted by molar-refractivity contribution is 6.27. The third kappa shape index (κ3) is 3.85. The first kappa shape index (κ1) is 17.7. The van der Waals surface area contributed by atoms with Gasteiger partial charge in [0.15, 0.2) is 9.76 Å². The molecule has 1 unspecified atom stereocenters. The fourth-order valence-electron chi connectivity index (χ4n) is 3.62. The van der Waals surface area contributed by atoms with Crippen LogP contribution in [-0.2, 0) is 9.22 Å². The molecule has 0 aromatic heterocycles. The van der Waals surface area contributed by atoms with E-state index >= 15 is 0 Å². The predicted octanol–water partition coefficient (Wildman–Crippen LogP) is 2.98. The van der Waals surface area contributed by atoms with Crippen LogP contribution in [0.4, 0.5) is 0 Å². The Labute approximate surface area is 127 Å². The number of nitrogens with zero attached hydrogens (tertiary/aromatic N) is 1. The van der Waals surface area contributed by atoms with E-state index in [1.165, 1.54) is 18.9 Å². The summed E-state index contributed by atoms with van der Waals surface area (Å²) in [5, 5.41) is 0. The Morgan fingerprint density at radius 3 is 2.20 bits per heavy atom. The van der Waals surface area contributed by atoms with Crippen molar-refractivity contribution in [2.75, 3.05) is 19.7 Å². The summed E-state index contributed by atoms with van der Waals surface area (Å²) in [5.41, 5.74) is -0.0369. The molecule has 0 bridgehead atoms. The molecule has 0 spiro atoms. The molecule has 20 heavy (non-hydrogen) atoms. The predicted molar refractivity (Wildman–Crippen MR) is 87.6 cm³/mol. The minimum Gasteiger partial charge on any atom is -0.424 e. The molecule has 2 saturated heterocycles. The highest BCUT2D eigenvalue weighted by Gasteiger charge is 2.49. The number of likely N-dealkylation sites (tertiary alicyclic amines) is 1. The number of rotatable bonds is 4. The average molecular weight is 300 g/mol. The first-order valence-corrected chi connectivity index (χ1v) is 10.1. The number of amides is 1. The van der Waals surface area contributed by atoms with Gasteiger partial charge in [0.05, 0.1) is 5.41 Å². The number of carbonyl (C=O) groups excluding carboxylic acids is 1. The molecule has 0 radical (unpaired) electrons. The molecule has 2 aliphatic rings. The van der Waals surface area contributed by atoms with Crippen molar-refractivity contribution in [2.45, 2.75) is 65.8 Å². The van der Waals surface area contributed by atoms with Gasteiger partial charge in [-0.1, -0.05) is 33.6 Å². The Morgan fingerprint density at radius 1 is 1.25 bits per heavy atom. The normalized spacial score (nSPS) is 26.5. The molecule has 0 aromatic carbocycles. The van der Waals surface area contributed by atoms with Crippen LogP contribution in [0.2, 0.25) is 6.04 Å². The van der Waals surface area contributed by atoms with Crippen LogP contribution in [-0.4, -0.2) is 40.3 Å². The van der Waals surface area contributed by atoms with Crippen LogP contribution in [0, 0.1) is 11.3 Å². The lowest BCUT2D eigenvalue weighted by molar-refractivity contribution is -0.137. The van der Waals surface area contributed by atoms with E-state index in [0.29, 0.717) is 11.8 Å². The quantitative estimate of drug-likeness (QED) is 0.747. The molecule has 4 heteroatoms. The third-order valence-corrected chi connectivity index (χ3v) is 6.52. The standard InChI is InChI=1S/C12H23NO.C4H10OSi/c1-5-10-9-13(8-4)11(14)12(10,6-2)7-3;1-2-4-6-5-3-1/h10H,5-9H2,1-4H3;1-4,6H2. The van der Waals surface area contributed by atoms with Crippen LogP contribution < -0.4 is 0 Å². The number of hydrogen-bond acceptors (Lipinski definition) is 2. The molecule has 0 saturated carbocycles. The molecule has 2 fully saturated rings. The van der Waals surface area contributed by atoms with Crippen molar-refractivity contribution in [1.82, 2.24) is 4.90 Å². The van der Waals surface area contributed by atoms with Crippen LogP contribution >= 0.6 is 0 Å². The Hall–Kier alpha value is -0.353. The van der Waals surface area contributed by atoms with E-state index in [-0.39, 0.29) is 15.2 Å². The second-order valence-corrected chi connectivity index (χ2v) is 7.51. The fourth-order valence-corrected chi connectivity index (χ4v) is 4.79. The molecule has 0 aliphatic carbocycles. The molecule has 3 nitrogen and oxygen atoms in total. The summed E-state index contributed by atoms with van der Waals surface area (Å²) in [4.78, 5) is 14.2. The molecule has 0 aromatic rings. The van der Waals surface area contributed by atoms with E-state index < -0.39 is 0 Å². The Morgan fingerprint density at radius 2 is 1.95 bits per heavy atom. The minimum atomic E-state index is -0.0369. The maximum atomic E-state index is 12.2. The summed E-state index contributed by atoms with van der Waals surface area (Å²) in [6.07, 6.45) is 5.87. The van der Waals surface area contributed by atoms with Gasteiger partial charge in [0, 0.05) is 19.7 Å². The van der Waals surface area contributed by atoms with Crippen molar-refractivity contribution in [2.24, 2.45) is 11.3 Å². The van der Waals surface area contributed by atoms with Gasteiger partial charge in [-0.15, -0.1) is 0 Å². The van der Waals surface area contributed by atoms with Crippen LogP contribution in [0.3, 0.4) is 0 Å². The van der Waals surface area contributed by atoms with Gasteiger partial charge in [-0.25, -0.2) is 0 Å². The smallest absolute Gasteiger partial charge is 0.229 e. The summed E-state index contributed by atoms with van der Waals surface area (Å²) in [7, 11) is 0.00849. The van der Waals surface area contributed by atoms with E-state index in [1.807, 2.05) is 4.90 Å². The van der Waals surface area contributed by atoms with E-state index in [1.54, 1.807) is 0 Å². The monoisotopic (exact) mass is 299 g/mol. The minimum absolute atomic E-state index is 0.00849. The van der Waals surface area contributed by atoms with E-state index in [2.05, 4.69) is 27.7 Å². The van der Waals surface area contributed by atoms with Gasteiger partial charge in [-0.3, -0.25) is 4.79 Å². The summed E-state index contributed by atoms with van der Waals surface area (Å²) < 4.78 is 5.21. The molecule has 0 N–H and O–H groups in total. The maximum Gasteiger partial charge on any atom is 0.229 e. The van der Waals surface area contributed by atoms with E-state index in [4.69, 9.17) is 4.43 Å². The Balaban J connectivity index is 0.000000276. The van der Waals surface area contributed by atoms with Crippen LogP contribution in [0.5, 0.6) is 0 Å². The molecule has 1 amide bonds. The van der Waals surface area contributed by atoms with Crippen LogP contribution in [0.25, 0.3) is 0 Å². The van der Waals surface area contributed by atoms with E-state index in [9.17, 15) is 4.79 Å². The molecule has 1 atom stereocenters. The van der Waals surface area contributed by atoms with Gasteiger partial charge in [-0.2, -0.15) is 0 Å². The van der Waals surface area contributed by atoms with E-state index in [0.717, 1.165) is 39.0 Å². The third-order valence-electron chi connectivity index (χ3n) is 5.15. The van der Waals surface area contributed by atoms with Gasteiger partial charge < -0.3 is 9.33 Å². The van der Waals surface area contributed by atoms with Gasteiger partial charge in [0.1, 0.15) is 0 Å². The molecule has 118 valence electrons. The van der Waals surface area contributed by atoms with Crippen molar-refractivity contribution in [3.63, 3.8) is 0 Å². The Bertz CT molecular complexity index is 277. The van der Waals surface area contributed by atoms with Gasteiger partial charge in [0.25, 0.3) is 0 Å². The zero-order chi connectivity index (χ0) is 15.0. The maximum absolute atomic E-state index is 12.2. The number of hydrogen-bond donors (Lipinski definition) is 0. The Kier molecular flexibility index (Phi) is 7.81. The fraction of sp³-hybridized carbons (Fsp3) is 0.938. The van der Waals surface area contributed by atoms with Crippen LogP contribution in [0.15, 0.2) is 0 Å². The average Bonchev–Trinajstić information content (AvgIpc) is 2.81. The highest BCUT2D eigenvalue weighted by atomic mass is 28.2. The van der Waals surface area contributed by atoms with Crippen molar-refractivity contribution in [3.8, 4) is 0 Å². The molecule has 2 aliphatic heterocycles. The topological polar surface area (TPSA) is 29.5 Å². The van der Waals surface area contributed by atoms with Gasteiger partial charge in [0.2, 0.25) is 5.91 Å². The first-order valence-electron chi connectivity index (χ1n) is 8.53. The summed E-state index contributed by atoms with van der Waals surface area (Å²) in [6.45, 7) is 11.5. The summed E-state index contributed by atoms with van der Waals surface area (Å²) in [6, 6.07) is 1.42. The second kappa shape index (κ2) is 8.83. The lowest BCUT2D eigenvalue weighted by Gasteiger charge is -2.29. The molecular weight excluding hydrogens is 266 g/mol. The summed E-state index contributed by atoms with van der Waals surface area (Å²) >= 11 is 0. The highest BCUT2D eigenvalue weighted by Crippen LogP contribution is 2.44. The zero-order valence-corrected chi connectivity index (χ0v) is 15.3. The SMILES string of the molecule is C1CC[SiH2]OC1.CCC1CN(CC)C(=O)C1(CC)CC. The molecule has 2 heterocycles. The lowest BCUT2D eigenvalue weighted by Crippen LogP contribution is -2.35. The first-order chi connectivity index (χ1) is 9.66.